The lowest BCUT2D eigenvalue weighted by atomic mass is 10.1. The summed E-state index contributed by atoms with van der Waals surface area (Å²) >= 11 is 1.66. The molecule has 1 amide bonds. The molecule has 0 saturated carbocycles. The molecule has 2 aromatic carbocycles. The highest BCUT2D eigenvalue weighted by Gasteiger charge is 2.16. The zero-order valence-electron chi connectivity index (χ0n) is 15.7. The number of benzene rings is 2. The number of hydrogen-bond acceptors (Lipinski definition) is 3. The maximum Gasteiger partial charge on any atom is 0.328 e. The van der Waals surface area contributed by atoms with E-state index in [1.165, 1.54) is 0 Å². The van der Waals surface area contributed by atoms with Gasteiger partial charge in [-0.25, -0.2) is 4.79 Å². The highest BCUT2D eigenvalue weighted by Crippen LogP contribution is 2.34. The molecule has 0 bridgehead atoms. The third-order valence-electron chi connectivity index (χ3n) is 4.26. The molecule has 136 valence electrons. The minimum atomic E-state index is -0.153. The largest absolute Gasteiger partial charge is 0.328 e. The minimum absolute atomic E-state index is 0.0809. The van der Waals surface area contributed by atoms with Gasteiger partial charge in [-0.1, -0.05) is 31.5 Å². The molecule has 0 atom stereocenters. The van der Waals surface area contributed by atoms with Crippen LogP contribution in [0.1, 0.15) is 29.8 Å². The van der Waals surface area contributed by atoms with Crippen LogP contribution in [-0.4, -0.2) is 20.3 Å². The quantitative estimate of drug-likeness (QED) is 0.709. The van der Waals surface area contributed by atoms with Gasteiger partial charge in [0, 0.05) is 29.8 Å². The van der Waals surface area contributed by atoms with E-state index in [9.17, 15) is 9.59 Å². The second-order valence-electron chi connectivity index (χ2n) is 6.73. The summed E-state index contributed by atoms with van der Waals surface area (Å²) in [5.41, 5.74) is 3.95. The Morgan fingerprint density at radius 2 is 1.73 bits per heavy atom. The van der Waals surface area contributed by atoms with Gasteiger partial charge in [-0.2, -0.15) is 0 Å². The molecule has 5 nitrogen and oxygen atoms in total. The predicted molar refractivity (Wildman–Crippen MR) is 108 cm³/mol. The van der Waals surface area contributed by atoms with Crippen molar-refractivity contribution in [3.8, 4) is 0 Å². The van der Waals surface area contributed by atoms with Gasteiger partial charge in [-0.05, 0) is 31.2 Å². The summed E-state index contributed by atoms with van der Waals surface area (Å²) in [7, 11) is 3.51. The lowest BCUT2D eigenvalue weighted by molar-refractivity contribution is 0.102. The van der Waals surface area contributed by atoms with Crippen LogP contribution in [0.4, 0.5) is 5.69 Å². The maximum absolute atomic E-state index is 12.7. The van der Waals surface area contributed by atoms with Crippen LogP contribution in [0.5, 0.6) is 0 Å². The number of carbonyl (C=O) groups is 1. The van der Waals surface area contributed by atoms with Crippen molar-refractivity contribution in [3.05, 3.63) is 58.0 Å². The first-order valence-corrected chi connectivity index (χ1v) is 9.40. The molecule has 0 spiro atoms. The molecule has 1 N–H and O–H groups in total. The van der Waals surface area contributed by atoms with Crippen molar-refractivity contribution in [1.82, 2.24) is 9.13 Å². The molecule has 0 fully saturated rings. The summed E-state index contributed by atoms with van der Waals surface area (Å²) in [4.78, 5) is 25.9. The fourth-order valence-electron chi connectivity index (χ4n) is 2.96. The monoisotopic (exact) mass is 369 g/mol. The molecular formula is C20H23N3O2S. The van der Waals surface area contributed by atoms with Crippen LogP contribution in [-0.2, 0) is 14.1 Å². The van der Waals surface area contributed by atoms with E-state index in [1.54, 1.807) is 41.1 Å². The van der Waals surface area contributed by atoms with E-state index < -0.39 is 0 Å². The van der Waals surface area contributed by atoms with Crippen molar-refractivity contribution < 1.29 is 4.79 Å². The number of nitrogens with one attached hydrogen (secondary N) is 1. The predicted octanol–water partition coefficient (Wildman–Crippen LogP) is 3.94. The molecule has 0 unspecified atom stereocenters. The van der Waals surface area contributed by atoms with Crippen LogP contribution >= 0.6 is 11.8 Å². The van der Waals surface area contributed by atoms with Crippen molar-refractivity contribution in [2.75, 3.05) is 5.32 Å². The molecule has 3 rings (SSSR count). The standard InChI is InChI=1S/C20H23N3O2S/c1-12(2)26-18-11-17-16(22(4)20(25)23(17)5)10-15(18)21-19(24)14-8-6-7-13(3)9-14/h6-12H,1-5H3,(H,21,24). The Kier molecular flexibility index (Phi) is 4.96. The van der Waals surface area contributed by atoms with Crippen molar-refractivity contribution >= 4 is 34.4 Å². The summed E-state index contributed by atoms with van der Waals surface area (Å²) in [5, 5.41) is 3.37. The zero-order chi connectivity index (χ0) is 19.0. The summed E-state index contributed by atoms with van der Waals surface area (Å²) < 4.78 is 3.23. The molecule has 0 aliphatic carbocycles. The van der Waals surface area contributed by atoms with Crippen molar-refractivity contribution in [3.63, 3.8) is 0 Å². The Labute approximate surface area is 157 Å². The van der Waals surface area contributed by atoms with E-state index in [4.69, 9.17) is 0 Å². The van der Waals surface area contributed by atoms with E-state index >= 15 is 0 Å². The number of amides is 1. The normalized spacial score (nSPS) is 11.3. The van der Waals surface area contributed by atoms with Gasteiger partial charge in [0.25, 0.3) is 5.91 Å². The Morgan fingerprint density at radius 1 is 1.08 bits per heavy atom. The molecule has 0 aliphatic rings. The van der Waals surface area contributed by atoms with Crippen molar-refractivity contribution in [1.29, 1.82) is 0 Å². The van der Waals surface area contributed by atoms with E-state index in [2.05, 4.69) is 19.2 Å². The van der Waals surface area contributed by atoms with Crippen LogP contribution in [0.25, 0.3) is 11.0 Å². The smallest absolute Gasteiger partial charge is 0.321 e. The van der Waals surface area contributed by atoms with Gasteiger partial charge in [0.1, 0.15) is 0 Å². The Balaban J connectivity index is 2.09. The number of anilines is 1. The highest BCUT2D eigenvalue weighted by atomic mass is 32.2. The van der Waals surface area contributed by atoms with Gasteiger partial charge >= 0.3 is 5.69 Å². The zero-order valence-corrected chi connectivity index (χ0v) is 16.5. The number of aryl methyl sites for hydroxylation is 3. The Morgan fingerprint density at radius 3 is 2.35 bits per heavy atom. The molecule has 26 heavy (non-hydrogen) atoms. The number of aromatic nitrogens is 2. The number of hydrogen-bond donors (Lipinski definition) is 1. The third-order valence-corrected chi connectivity index (χ3v) is 5.33. The molecule has 0 aliphatic heterocycles. The summed E-state index contributed by atoms with van der Waals surface area (Å²) in [6.45, 7) is 6.17. The average molecular weight is 369 g/mol. The summed E-state index contributed by atoms with van der Waals surface area (Å²) in [6.07, 6.45) is 0. The van der Waals surface area contributed by atoms with Gasteiger partial charge in [0.15, 0.2) is 0 Å². The van der Waals surface area contributed by atoms with E-state index in [0.29, 0.717) is 10.8 Å². The number of thioether (sulfide) groups is 1. The van der Waals surface area contributed by atoms with Crippen LogP contribution in [0, 0.1) is 6.92 Å². The van der Waals surface area contributed by atoms with Crippen LogP contribution in [0.3, 0.4) is 0 Å². The number of imidazole rings is 1. The van der Waals surface area contributed by atoms with Crippen LogP contribution in [0.2, 0.25) is 0 Å². The number of fused-ring (bicyclic) bond motifs is 1. The molecule has 1 heterocycles. The molecule has 3 aromatic rings. The lowest BCUT2D eigenvalue weighted by Crippen LogP contribution is -2.19. The van der Waals surface area contributed by atoms with E-state index in [1.807, 2.05) is 37.3 Å². The fraction of sp³-hybridized carbons (Fsp3) is 0.300. The molecule has 0 radical (unpaired) electrons. The van der Waals surface area contributed by atoms with E-state index in [0.717, 1.165) is 27.2 Å². The first-order valence-electron chi connectivity index (χ1n) is 8.52. The maximum atomic E-state index is 12.7. The Hall–Kier alpha value is -2.47. The SMILES string of the molecule is Cc1cccc(C(=O)Nc2cc3c(cc2SC(C)C)n(C)c(=O)n3C)c1. The van der Waals surface area contributed by atoms with Gasteiger partial charge < -0.3 is 5.32 Å². The van der Waals surface area contributed by atoms with Crippen molar-refractivity contribution in [2.45, 2.75) is 30.9 Å². The van der Waals surface area contributed by atoms with Crippen LogP contribution in [0.15, 0.2) is 46.1 Å². The van der Waals surface area contributed by atoms with Crippen molar-refractivity contribution in [2.24, 2.45) is 14.1 Å². The number of carbonyl (C=O) groups excluding carboxylic acids is 1. The molecule has 0 saturated heterocycles. The Bertz CT molecular complexity index is 1050. The fourth-order valence-corrected chi connectivity index (χ4v) is 3.88. The minimum Gasteiger partial charge on any atom is -0.321 e. The van der Waals surface area contributed by atoms with Gasteiger partial charge in [-0.3, -0.25) is 13.9 Å². The number of nitrogens with zero attached hydrogens (tertiary/aromatic N) is 2. The molecular weight excluding hydrogens is 346 g/mol. The molecule has 1 aromatic heterocycles. The molecule has 6 heteroatoms. The van der Waals surface area contributed by atoms with Gasteiger partial charge in [0.2, 0.25) is 0 Å². The lowest BCUT2D eigenvalue weighted by Gasteiger charge is -2.14. The number of rotatable bonds is 4. The second kappa shape index (κ2) is 7.03. The van der Waals surface area contributed by atoms with Crippen LogP contribution < -0.4 is 11.0 Å². The van der Waals surface area contributed by atoms with Gasteiger partial charge in [-0.15, -0.1) is 11.8 Å². The average Bonchev–Trinajstić information content (AvgIpc) is 2.79. The highest BCUT2D eigenvalue weighted by molar-refractivity contribution is 8.00. The second-order valence-corrected chi connectivity index (χ2v) is 8.35. The van der Waals surface area contributed by atoms with E-state index in [-0.39, 0.29) is 11.6 Å². The summed E-state index contributed by atoms with van der Waals surface area (Å²) in [6, 6.07) is 11.4. The first kappa shape index (κ1) is 18.3. The third kappa shape index (κ3) is 3.42. The topological polar surface area (TPSA) is 56.0 Å². The van der Waals surface area contributed by atoms with Gasteiger partial charge in [0.05, 0.1) is 16.7 Å². The summed E-state index contributed by atoms with van der Waals surface area (Å²) in [5.74, 6) is -0.153. The first-order chi connectivity index (χ1) is 12.3.